The van der Waals surface area contributed by atoms with Gasteiger partial charge in [0.1, 0.15) is 0 Å². The highest BCUT2D eigenvalue weighted by Gasteiger charge is 2.20. The van der Waals surface area contributed by atoms with Gasteiger partial charge in [-0.25, -0.2) is 4.79 Å². The number of esters is 1. The van der Waals surface area contributed by atoms with Crippen molar-refractivity contribution in [3.63, 3.8) is 0 Å². The Morgan fingerprint density at radius 1 is 1.42 bits per heavy atom. The lowest BCUT2D eigenvalue weighted by Crippen LogP contribution is -2.08. The van der Waals surface area contributed by atoms with E-state index in [0.29, 0.717) is 25.0 Å². The third-order valence-electron chi connectivity index (χ3n) is 2.91. The Morgan fingerprint density at radius 3 is 2.89 bits per heavy atom. The summed E-state index contributed by atoms with van der Waals surface area (Å²) >= 11 is 0. The summed E-state index contributed by atoms with van der Waals surface area (Å²) in [7, 11) is 0. The fourth-order valence-corrected chi connectivity index (χ4v) is 2.07. The normalized spacial score (nSPS) is 10.6. The molecular formula is C14H18N2O3. The van der Waals surface area contributed by atoms with Gasteiger partial charge in [0.15, 0.2) is 0 Å². The van der Waals surface area contributed by atoms with Crippen molar-refractivity contribution < 1.29 is 14.6 Å². The fourth-order valence-electron chi connectivity index (χ4n) is 2.07. The molecule has 19 heavy (non-hydrogen) atoms. The molecule has 0 saturated heterocycles. The second-order valence-electron chi connectivity index (χ2n) is 4.20. The summed E-state index contributed by atoms with van der Waals surface area (Å²) in [5.74, 6) is -0.332. The predicted molar refractivity (Wildman–Crippen MR) is 71.9 cm³/mol. The molecule has 0 fully saturated rings. The van der Waals surface area contributed by atoms with Gasteiger partial charge in [-0.15, -0.1) is 0 Å². The SMILES string of the molecule is CCOC(=O)c1c(CCCO)c[nH]c1-c1ccc[nH]1. The maximum atomic E-state index is 12.1. The van der Waals surface area contributed by atoms with Crippen molar-refractivity contribution >= 4 is 5.97 Å². The molecule has 5 nitrogen and oxygen atoms in total. The van der Waals surface area contributed by atoms with Crippen LogP contribution in [0.15, 0.2) is 24.5 Å². The van der Waals surface area contributed by atoms with E-state index in [1.807, 2.05) is 12.1 Å². The number of carbonyl (C=O) groups is 1. The van der Waals surface area contributed by atoms with E-state index in [0.717, 1.165) is 17.0 Å². The third-order valence-corrected chi connectivity index (χ3v) is 2.91. The Bertz CT molecular complexity index is 529. The zero-order valence-corrected chi connectivity index (χ0v) is 10.9. The molecule has 0 radical (unpaired) electrons. The molecule has 2 aromatic heterocycles. The minimum atomic E-state index is -0.332. The highest BCUT2D eigenvalue weighted by molar-refractivity contribution is 5.97. The van der Waals surface area contributed by atoms with Crippen molar-refractivity contribution in [3.05, 3.63) is 35.7 Å². The highest BCUT2D eigenvalue weighted by Crippen LogP contribution is 2.26. The molecule has 0 spiro atoms. The molecule has 2 heterocycles. The molecule has 0 bridgehead atoms. The third kappa shape index (κ3) is 2.88. The number of H-pyrrole nitrogens is 2. The number of rotatable bonds is 6. The average molecular weight is 262 g/mol. The molecule has 0 aliphatic rings. The molecule has 0 amide bonds. The lowest BCUT2D eigenvalue weighted by molar-refractivity contribution is 0.0526. The Morgan fingerprint density at radius 2 is 2.26 bits per heavy atom. The second kappa shape index (κ2) is 6.24. The zero-order chi connectivity index (χ0) is 13.7. The summed E-state index contributed by atoms with van der Waals surface area (Å²) in [4.78, 5) is 18.3. The van der Waals surface area contributed by atoms with Gasteiger partial charge in [-0.1, -0.05) is 0 Å². The van der Waals surface area contributed by atoms with Gasteiger partial charge in [-0.3, -0.25) is 0 Å². The summed E-state index contributed by atoms with van der Waals surface area (Å²) in [5.41, 5.74) is 3.00. The molecule has 0 aliphatic heterocycles. The molecule has 5 heteroatoms. The van der Waals surface area contributed by atoms with Crippen molar-refractivity contribution in [2.24, 2.45) is 0 Å². The lowest BCUT2D eigenvalue weighted by atomic mass is 10.1. The number of aliphatic hydroxyl groups is 1. The van der Waals surface area contributed by atoms with Crippen molar-refractivity contribution in [2.45, 2.75) is 19.8 Å². The minimum Gasteiger partial charge on any atom is -0.462 e. The molecule has 2 rings (SSSR count). The van der Waals surface area contributed by atoms with Crippen molar-refractivity contribution in [3.8, 4) is 11.4 Å². The van der Waals surface area contributed by atoms with Crippen LogP contribution in [-0.2, 0) is 11.2 Å². The van der Waals surface area contributed by atoms with Crippen LogP contribution in [0.25, 0.3) is 11.4 Å². The van der Waals surface area contributed by atoms with E-state index in [9.17, 15) is 4.79 Å². The predicted octanol–water partition coefficient (Wildman–Crippen LogP) is 2.11. The van der Waals surface area contributed by atoms with Crippen LogP contribution in [0.4, 0.5) is 0 Å². The first-order valence-corrected chi connectivity index (χ1v) is 6.40. The van der Waals surface area contributed by atoms with Crippen LogP contribution in [0.2, 0.25) is 0 Å². The van der Waals surface area contributed by atoms with Crippen molar-refractivity contribution in [1.29, 1.82) is 0 Å². The molecule has 0 atom stereocenters. The van der Waals surface area contributed by atoms with E-state index < -0.39 is 0 Å². The number of aliphatic hydroxyl groups excluding tert-OH is 1. The van der Waals surface area contributed by atoms with Crippen LogP contribution in [0.5, 0.6) is 0 Å². The Balaban J connectivity index is 2.38. The first-order valence-electron chi connectivity index (χ1n) is 6.40. The fraction of sp³-hybridized carbons (Fsp3) is 0.357. The number of carbonyl (C=O) groups excluding carboxylic acids is 1. The van der Waals surface area contributed by atoms with Crippen LogP contribution in [0.1, 0.15) is 29.3 Å². The monoisotopic (exact) mass is 262 g/mol. The smallest absolute Gasteiger partial charge is 0.340 e. The standard InChI is InChI=1S/C14H18N2O3/c1-2-19-14(18)12-10(5-4-8-17)9-16-13(12)11-6-3-7-15-11/h3,6-7,9,15-17H,2,4-5,8H2,1H3. The molecule has 3 N–H and O–H groups in total. The summed E-state index contributed by atoms with van der Waals surface area (Å²) < 4.78 is 5.11. The number of nitrogens with one attached hydrogen (secondary N) is 2. The van der Waals surface area contributed by atoms with Gasteiger partial charge in [0, 0.05) is 19.0 Å². The van der Waals surface area contributed by atoms with E-state index in [1.54, 1.807) is 19.3 Å². The van der Waals surface area contributed by atoms with Gasteiger partial charge >= 0.3 is 5.97 Å². The summed E-state index contributed by atoms with van der Waals surface area (Å²) in [6, 6.07) is 3.77. The van der Waals surface area contributed by atoms with Crippen LogP contribution in [0.3, 0.4) is 0 Å². The average Bonchev–Trinajstić information content (AvgIpc) is 3.05. The van der Waals surface area contributed by atoms with E-state index in [-0.39, 0.29) is 12.6 Å². The molecule has 2 aromatic rings. The maximum Gasteiger partial charge on any atom is 0.340 e. The van der Waals surface area contributed by atoms with Crippen molar-refractivity contribution in [2.75, 3.05) is 13.2 Å². The van der Waals surface area contributed by atoms with Crippen LogP contribution in [0, 0.1) is 0 Å². The summed E-state index contributed by atoms with van der Waals surface area (Å²) in [5, 5.41) is 8.92. The van der Waals surface area contributed by atoms with Gasteiger partial charge in [0.2, 0.25) is 0 Å². The number of aromatic nitrogens is 2. The van der Waals surface area contributed by atoms with Gasteiger partial charge in [0.25, 0.3) is 0 Å². The zero-order valence-electron chi connectivity index (χ0n) is 10.9. The maximum absolute atomic E-state index is 12.1. The molecule has 0 aliphatic carbocycles. The number of ether oxygens (including phenoxy) is 1. The Kier molecular flexibility index (Phi) is 4.41. The van der Waals surface area contributed by atoms with Gasteiger partial charge in [0.05, 0.1) is 23.6 Å². The summed E-state index contributed by atoms with van der Waals surface area (Å²) in [6.45, 7) is 2.23. The van der Waals surface area contributed by atoms with Gasteiger partial charge in [-0.05, 0) is 37.5 Å². The van der Waals surface area contributed by atoms with Gasteiger partial charge in [-0.2, -0.15) is 0 Å². The second-order valence-corrected chi connectivity index (χ2v) is 4.20. The minimum absolute atomic E-state index is 0.102. The first kappa shape index (κ1) is 13.4. The van der Waals surface area contributed by atoms with E-state index in [4.69, 9.17) is 9.84 Å². The number of hydrogen-bond acceptors (Lipinski definition) is 3. The molecular weight excluding hydrogens is 244 g/mol. The molecule has 102 valence electrons. The topological polar surface area (TPSA) is 78.1 Å². The quantitative estimate of drug-likeness (QED) is 0.698. The van der Waals surface area contributed by atoms with Crippen molar-refractivity contribution in [1.82, 2.24) is 9.97 Å². The van der Waals surface area contributed by atoms with E-state index in [2.05, 4.69) is 9.97 Å². The highest BCUT2D eigenvalue weighted by atomic mass is 16.5. The van der Waals surface area contributed by atoms with Crippen LogP contribution >= 0.6 is 0 Å². The van der Waals surface area contributed by atoms with Gasteiger partial charge < -0.3 is 19.8 Å². The largest absolute Gasteiger partial charge is 0.462 e. The van der Waals surface area contributed by atoms with E-state index in [1.165, 1.54) is 0 Å². The molecule has 0 saturated carbocycles. The summed E-state index contributed by atoms with van der Waals surface area (Å²) in [6.07, 6.45) is 4.87. The number of aryl methyl sites for hydroxylation is 1. The Hall–Kier alpha value is -2.01. The number of aromatic amines is 2. The Labute approximate surface area is 111 Å². The number of hydrogen-bond donors (Lipinski definition) is 3. The molecule has 0 aromatic carbocycles. The van der Waals surface area contributed by atoms with Crippen LogP contribution in [-0.4, -0.2) is 34.3 Å². The van der Waals surface area contributed by atoms with E-state index >= 15 is 0 Å². The molecule has 0 unspecified atom stereocenters. The van der Waals surface area contributed by atoms with Crippen LogP contribution < -0.4 is 0 Å². The lowest BCUT2D eigenvalue weighted by Gasteiger charge is -2.06. The first-order chi connectivity index (χ1) is 9.27.